The number of hydrogen-bond acceptors (Lipinski definition) is 5. The third kappa shape index (κ3) is 2.69. The highest BCUT2D eigenvalue weighted by atomic mass is 32.1. The molecule has 0 amide bonds. The molecular weight excluding hydrogens is 268 g/mol. The number of aryl methyl sites for hydroxylation is 1. The van der Waals surface area contributed by atoms with Crippen molar-refractivity contribution in [3.05, 3.63) is 41.2 Å². The molecule has 0 aliphatic carbocycles. The van der Waals surface area contributed by atoms with E-state index in [1.54, 1.807) is 11.3 Å². The van der Waals surface area contributed by atoms with E-state index < -0.39 is 0 Å². The van der Waals surface area contributed by atoms with Gasteiger partial charge in [-0.1, -0.05) is 6.92 Å². The van der Waals surface area contributed by atoms with Gasteiger partial charge >= 0.3 is 0 Å². The molecule has 3 rings (SSSR count). The van der Waals surface area contributed by atoms with Crippen molar-refractivity contribution in [2.24, 2.45) is 0 Å². The molecule has 0 atom stereocenters. The van der Waals surface area contributed by atoms with Crippen LogP contribution >= 0.6 is 11.3 Å². The van der Waals surface area contributed by atoms with Gasteiger partial charge in [0.1, 0.15) is 0 Å². The zero-order chi connectivity index (χ0) is 13.9. The summed E-state index contributed by atoms with van der Waals surface area (Å²) in [6.45, 7) is 5.78. The van der Waals surface area contributed by atoms with Gasteiger partial charge < -0.3 is 5.32 Å². The number of hydrogen-bond donors (Lipinski definition) is 1. The second-order valence-electron chi connectivity index (χ2n) is 4.63. The van der Waals surface area contributed by atoms with E-state index in [2.05, 4.69) is 38.6 Å². The van der Waals surface area contributed by atoms with Crippen molar-refractivity contribution in [3.8, 4) is 11.4 Å². The number of nitrogens with one attached hydrogen (secondary N) is 1. The van der Waals surface area contributed by atoms with Crippen LogP contribution in [0.2, 0.25) is 0 Å². The number of thiophene rings is 1. The highest BCUT2D eigenvalue weighted by Gasteiger charge is 2.07. The average molecular weight is 284 g/mol. The quantitative estimate of drug-likeness (QED) is 0.799. The second-order valence-corrected chi connectivity index (χ2v) is 5.58. The summed E-state index contributed by atoms with van der Waals surface area (Å²) in [5, 5.41) is 5.34. The summed E-state index contributed by atoms with van der Waals surface area (Å²) in [6, 6.07) is 6.15. The van der Waals surface area contributed by atoms with E-state index in [1.165, 1.54) is 4.70 Å². The first kappa shape index (κ1) is 13.1. The summed E-state index contributed by atoms with van der Waals surface area (Å²) in [4.78, 5) is 13.6. The van der Waals surface area contributed by atoms with Crippen LogP contribution in [0.1, 0.15) is 18.3 Å². The fourth-order valence-corrected chi connectivity index (χ4v) is 2.86. The largest absolute Gasteiger partial charge is 0.311 e. The van der Waals surface area contributed by atoms with Crippen molar-refractivity contribution in [1.82, 2.24) is 20.3 Å². The molecule has 0 saturated carbocycles. The molecule has 0 aliphatic heterocycles. The lowest BCUT2D eigenvalue weighted by Crippen LogP contribution is -2.13. The van der Waals surface area contributed by atoms with Crippen molar-refractivity contribution in [2.75, 3.05) is 6.54 Å². The molecule has 0 spiro atoms. The predicted octanol–water partition coefficient (Wildman–Crippen LogP) is 3.17. The minimum absolute atomic E-state index is 0.751. The fourth-order valence-electron chi connectivity index (χ4n) is 2.08. The smallest absolute Gasteiger partial charge is 0.161 e. The van der Waals surface area contributed by atoms with Crippen LogP contribution in [0.15, 0.2) is 29.8 Å². The number of aromatic nitrogens is 3. The van der Waals surface area contributed by atoms with Crippen molar-refractivity contribution >= 4 is 21.6 Å². The van der Waals surface area contributed by atoms with Gasteiger partial charge in [-0.2, -0.15) is 0 Å². The van der Waals surface area contributed by atoms with Gasteiger partial charge in [0.15, 0.2) is 5.82 Å². The number of fused-ring (bicyclic) bond motifs is 1. The Hall–Kier alpha value is -1.85. The molecule has 0 aromatic carbocycles. The molecule has 1 N–H and O–H groups in total. The standard InChI is InChI=1S/C15H16N4S/c1-3-16-9-12-6-10(2)18-15(19-12)11-7-14-13(17-8-11)4-5-20-14/h4-8,16H,3,9H2,1-2H3. The van der Waals surface area contributed by atoms with Gasteiger partial charge in [-0.05, 0) is 37.0 Å². The lowest BCUT2D eigenvalue weighted by Gasteiger charge is -2.06. The maximum atomic E-state index is 4.62. The third-order valence-electron chi connectivity index (χ3n) is 3.02. The molecule has 4 nitrogen and oxygen atoms in total. The Kier molecular flexibility index (Phi) is 3.71. The Morgan fingerprint density at radius 3 is 3.00 bits per heavy atom. The van der Waals surface area contributed by atoms with Crippen LogP contribution in [0.5, 0.6) is 0 Å². The van der Waals surface area contributed by atoms with Gasteiger partial charge in [0.05, 0.1) is 15.9 Å². The van der Waals surface area contributed by atoms with Crippen LogP contribution < -0.4 is 5.32 Å². The van der Waals surface area contributed by atoms with Gasteiger partial charge in [-0.3, -0.25) is 4.98 Å². The van der Waals surface area contributed by atoms with E-state index in [9.17, 15) is 0 Å². The minimum Gasteiger partial charge on any atom is -0.311 e. The molecule has 0 radical (unpaired) electrons. The van der Waals surface area contributed by atoms with Gasteiger partial charge in [-0.25, -0.2) is 9.97 Å². The fraction of sp³-hybridized carbons (Fsp3) is 0.267. The first-order chi connectivity index (χ1) is 9.76. The maximum Gasteiger partial charge on any atom is 0.161 e. The second kappa shape index (κ2) is 5.64. The highest BCUT2D eigenvalue weighted by molar-refractivity contribution is 7.17. The Morgan fingerprint density at radius 2 is 2.15 bits per heavy atom. The van der Waals surface area contributed by atoms with E-state index in [1.807, 2.05) is 25.3 Å². The third-order valence-corrected chi connectivity index (χ3v) is 3.88. The van der Waals surface area contributed by atoms with E-state index in [4.69, 9.17) is 0 Å². The van der Waals surface area contributed by atoms with Gasteiger partial charge in [0.25, 0.3) is 0 Å². The topological polar surface area (TPSA) is 50.7 Å². The molecule has 3 aromatic heterocycles. The molecule has 0 aliphatic rings. The summed E-state index contributed by atoms with van der Waals surface area (Å²) >= 11 is 1.69. The molecular formula is C15H16N4S. The van der Waals surface area contributed by atoms with E-state index >= 15 is 0 Å². The van der Waals surface area contributed by atoms with Gasteiger partial charge in [-0.15, -0.1) is 11.3 Å². The highest BCUT2D eigenvalue weighted by Crippen LogP contribution is 2.24. The van der Waals surface area contributed by atoms with Gasteiger partial charge in [0, 0.05) is 24.0 Å². The average Bonchev–Trinajstić information content (AvgIpc) is 2.92. The van der Waals surface area contributed by atoms with E-state index in [-0.39, 0.29) is 0 Å². The van der Waals surface area contributed by atoms with Crippen LogP contribution in [-0.2, 0) is 6.54 Å². The summed E-state index contributed by atoms with van der Waals surface area (Å²) in [5.74, 6) is 0.751. The number of pyridine rings is 1. The maximum absolute atomic E-state index is 4.62. The van der Waals surface area contributed by atoms with Gasteiger partial charge in [0.2, 0.25) is 0 Å². The predicted molar refractivity (Wildman–Crippen MR) is 82.8 cm³/mol. The first-order valence-corrected chi connectivity index (χ1v) is 7.53. The Morgan fingerprint density at radius 1 is 1.25 bits per heavy atom. The summed E-state index contributed by atoms with van der Waals surface area (Å²) in [7, 11) is 0. The normalized spacial score (nSPS) is 11.1. The summed E-state index contributed by atoms with van der Waals surface area (Å²) in [5.41, 5.74) is 4.00. The number of rotatable bonds is 4. The van der Waals surface area contributed by atoms with E-state index in [0.717, 1.165) is 41.4 Å². The first-order valence-electron chi connectivity index (χ1n) is 6.65. The Bertz CT molecular complexity index is 736. The molecule has 20 heavy (non-hydrogen) atoms. The minimum atomic E-state index is 0.751. The van der Waals surface area contributed by atoms with Crippen molar-refractivity contribution in [1.29, 1.82) is 0 Å². The SMILES string of the molecule is CCNCc1cc(C)nc(-c2cnc3ccsc3c2)n1. The van der Waals surface area contributed by atoms with E-state index in [0.29, 0.717) is 0 Å². The van der Waals surface area contributed by atoms with Crippen molar-refractivity contribution in [3.63, 3.8) is 0 Å². The molecule has 0 bridgehead atoms. The Balaban J connectivity index is 2.01. The van der Waals surface area contributed by atoms with Crippen molar-refractivity contribution in [2.45, 2.75) is 20.4 Å². The lowest BCUT2D eigenvalue weighted by molar-refractivity contribution is 0.708. The Labute approximate surface area is 121 Å². The summed E-state index contributed by atoms with van der Waals surface area (Å²) < 4.78 is 1.17. The van der Waals surface area contributed by atoms with Crippen LogP contribution in [0.4, 0.5) is 0 Å². The number of nitrogens with zero attached hydrogens (tertiary/aromatic N) is 3. The zero-order valence-electron chi connectivity index (χ0n) is 11.6. The van der Waals surface area contributed by atoms with Crippen molar-refractivity contribution < 1.29 is 0 Å². The van der Waals surface area contributed by atoms with Crippen LogP contribution in [0.3, 0.4) is 0 Å². The molecule has 5 heteroatoms. The van der Waals surface area contributed by atoms with Crippen LogP contribution in [0, 0.1) is 6.92 Å². The summed E-state index contributed by atoms with van der Waals surface area (Å²) in [6.07, 6.45) is 1.85. The molecule has 3 heterocycles. The lowest BCUT2D eigenvalue weighted by atomic mass is 10.2. The van der Waals surface area contributed by atoms with Crippen LogP contribution in [-0.4, -0.2) is 21.5 Å². The van der Waals surface area contributed by atoms with Crippen LogP contribution in [0.25, 0.3) is 21.6 Å². The molecule has 0 saturated heterocycles. The molecule has 102 valence electrons. The zero-order valence-corrected chi connectivity index (χ0v) is 12.4. The molecule has 0 fully saturated rings. The molecule has 0 unspecified atom stereocenters. The molecule has 3 aromatic rings. The monoisotopic (exact) mass is 284 g/mol.